The monoisotopic (exact) mass is 285 g/mol. The highest BCUT2D eigenvalue weighted by Gasteiger charge is 2.09. The fourth-order valence-corrected chi connectivity index (χ4v) is 3.25. The molecule has 2 aromatic carbocycles. The maximum absolute atomic E-state index is 6.13. The molecule has 0 amide bonds. The summed E-state index contributed by atoms with van der Waals surface area (Å²) in [6, 6.07) is 15.6. The topological polar surface area (TPSA) is 26.0 Å². The van der Waals surface area contributed by atoms with E-state index in [1.807, 2.05) is 11.8 Å². The van der Waals surface area contributed by atoms with E-state index in [2.05, 4.69) is 63.2 Å². The van der Waals surface area contributed by atoms with Gasteiger partial charge in [-0.2, -0.15) is 0 Å². The first kappa shape index (κ1) is 15.1. The molecule has 0 spiro atoms. The molecule has 0 saturated heterocycles. The molecule has 20 heavy (non-hydrogen) atoms. The molecule has 0 radical (unpaired) electrons. The zero-order chi connectivity index (χ0) is 14.5. The maximum Gasteiger partial charge on any atom is 0.0155 e. The van der Waals surface area contributed by atoms with Crippen molar-refractivity contribution < 1.29 is 0 Å². The van der Waals surface area contributed by atoms with Gasteiger partial charge in [0.15, 0.2) is 0 Å². The average Bonchev–Trinajstić information content (AvgIpc) is 2.42. The Bertz CT molecular complexity index is 577. The molecule has 0 aliphatic heterocycles. The van der Waals surface area contributed by atoms with E-state index in [1.165, 1.54) is 26.5 Å². The van der Waals surface area contributed by atoms with Gasteiger partial charge in [-0.25, -0.2) is 0 Å². The molecular formula is C18H23NS. The summed E-state index contributed by atoms with van der Waals surface area (Å²) in [4.78, 5) is 2.62. The molecule has 0 saturated carbocycles. The minimum Gasteiger partial charge on any atom is -0.327 e. The van der Waals surface area contributed by atoms with Gasteiger partial charge in [0.2, 0.25) is 0 Å². The number of aryl methyl sites for hydroxylation is 2. The standard InChI is InChI=1S/C18H23NS/c1-4-16(19)12-15-10-14(3)8-9-18(15)20-17-7-5-6-13(2)11-17/h5-11,16H,4,12,19H2,1-3H3. The molecule has 1 unspecified atom stereocenters. The van der Waals surface area contributed by atoms with Crippen LogP contribution in [0.1, 0.15) is 30.0 Å². The highest BCUT2D eigenvalue weighted by Crippen LogP contribution is 2.32. The second kappa shape index (κ2) is 6.96. The first-order valence-corrected chi connectivity index (χ1v) is 7.99. The van der Waals surface area contributed by atoms with Crippen LogP contribution in [0.2, 0.25) is 0 Å². The fourth-order valence-electron chi connectivity index (χ4n) is 2.20. The molecule has 0 aliphatic rings. The number of nitrogens with two attached hydrogens (primary N) is 1. The first-order valence-electron chi connectivity index (χ1n) is 7.18. The van der Waals surface area contributed by atoms with Crippen LogP contribution in [-0.4, -0.2) is 6.04 Å². The van der Waals surface area contributed by atoms with Crippen molar-refractivity contribution in [2.75, 3.05) is 0 Å². The molecule has 0 aromatic heterocycles. The van der Waals surface area contributed by atoms with Crippen LogP contribution in [0.4, 0.5) is 0 Å². The summed E-state index contributed by atoms with van der Waals surface area (Å²) in [5, 5.41) is 0. The van der Waals surface area contributed by atoms with Gasteiger partial charge in [0.05, 0.1) is 0 Å². The molecule has 1 atom stereocenters. The van der Waals surface area contributed by atoms with Crippen molar-refractivity contribution in [2.45, 2.75) is 49.4 Å². The Labute approximate surface area is 126 Å². The lowest BCUT2D eigenvalue weighted by molar-refractivity contribution is 0.641. The number of hydrogen-bond acceptors (Lipinski definition) is 2. The Balaban J connectivity index is 2.26. The van der Waals surface area contributed by atoms with E-state index in [0.717, 1.165) is 12.8 Å². The summed E-state index contributed by atoms with van der Waals surface area (Å²) in [6.07, 6.45) is 1.97. The minimum atomic E-state index is 0.244. The van der Waals surface area contributed by atoms with E-state index in [9.17, 15) is 0 Å². The summed E-state index contributed by atoms with van der Waals surface area (Å²) < 4.78 is 0. The van der Waals surface area contributed by atoms with Crippen molar-refractivity contribution in [3.63, 3.8) is 0 Å². The van der Waals surface area contributed by atoms with Crippen LogP contribution < -0.4 is 5.73 Å². The predicted molar refractivity (Wildman–Crippen MR) is 88.5 cm³/mol. The van der Waals surface area contributed by atoms with Crippen LogP contribution in [0.5, 0.6) is 0 Å². The molecule has 0 bridgehead atoms. The lowest BCUT2D eigenvalue weighted by Gasteiger charge is -2.14. The Morgan fingerprint density at radius 2 is 1.80 bits per heavy atom. The van der Waals surface area contributed by atoms with Crippen molar-refractivity contribution in [2.24, 2.45) is 5.73 Å². The van der Waals surface area contributed by atoms with E-state index in [1.54, 1.807) is 0 Å². The lowest BCUT2D eigenvalue weighted by atomic mass is 10.0. The first-order chi connectivity index (χ1) is 9.58. The van der Waals surface area contributed by atoms with Crippen LogP contribution in [0.25, 0.3) is 0 Å². The van der Waals surface area contributed by atoms with Gasteiger partial charge >= 0.3 is 0 Å². The highest BCUT2D eigenvalue weighted by molar-refractivity contribution is 7.99. The molecule has 106 valence electrons. The molecular weight excluding hydrogens is 262 g/mol. The Kier molecular flexibility index (Phi) is 5.27. The predicted octanol–water partition coefficient (Wildman–Crippen LogP) is 4.73. The average molecular weight is 285 g/mol. The second-order valence-electron chi connectivity index (χ2n) is 5.40. The number of hydrogen-bond donors (Lipinski definition) is 1. The normalized spacial score (nSPS) is 12.4. The van der Waals surface area contributed by atoms with Gasteiger partial charge in [-0.15, -0.1) is 0 Å². The molecule has 0 fully saturated rings. The van der Waals surface area contributed by atoms with E-state index in [4.69, 9.17) is 5.73 Å². The third kappa shape index (κ3) is 4.12. The summed E-state index contributed by atoms with van der Waals surface area (Å²) in [5.41, 5.74) is 10.1. The third-order valence-corrected chi connectivity index (χ3v) is 4.55. The molecule has 1 nitrogen and oxygen atoms in total. The van der Waals surface area contributed by atoms with Gasteiger partial charge in [0.25, 0.3) is 0 Å². The SMILES string of the molecule is CCC(N)Cc1cc(C)ccc1Sc1cccc(C)c1. The minimum absolute atomic E-state index is 0.244. The molecule has 2 N–H and O–H groups in total. The number of benzene rings is 2. The van der Waals surface area contributed by atoms with Gasteiger partial charge in [-0.05, 0) is 50.5 Å². The van der Waals surface area contributed by atoms with Crippen molar-refractivity contribution in [1.29, 1.82) is 0 Å². The molecule has 2 heteroatoms. The summed E-state index contributed by atoms with van der Waals surface area (Å²) >= 11 is 1.83. The van der Waals surface area contributed by atoms with Gasteiger partial charge in [-0.3, -0.25) is 0 Å². The lowest BCUT2D eigenvalue weighted by Crippen LogP contribution is -2.21. The third-order valence-electron chi connectivity index (χ3n) is 3.44. The van der Waals surface area contributed by atoms with E-state index in [0.29, 0.717) is 0 Å². The van der Waals surface area contributed by atoms with Crippen molar-refractivity contribution in [1.82, 2.24) is 0 Å². The maximum atomic E-state index is 6.13. The van der Waals surface area contributed by atoms with Crippen LogP contribution >= 0.6 is 11.8 Å². The molecule has 0 aliphatic carbocycles. The quantitative estimate of drug-likeness (QED) is 0.859. The summed E-state index contributed by atoms with van der Waals surface area (Å²) in [5.74, 6) is 0. The van der Waals surface area contributed by atoms with Crippen LogP contribution in [0.15, 0.2) is 52.3 Å². The Morgan fingerprint density at radius 3 is 2.50 bits per heavy atom. The molecule has 0 heterocycles. The van der Waals surface area contributed by atoms with Crippen LogP contribution in [-0.2, 0) is 6.42 Å². The van der Waals surface area contributed by atoms with Gasteiger partial charge < -0.3 is 5.73 Å². The van der Waals surface area contributed by atoms with Crippen LogP contribution in [0, 0.1) is 13.8 Å². The smallest absolute Gasteiger partial charge is 0.0155 e. The Hall–Kier alpha value is -1.25. The second-order valence-corrected chi connectivity index (χ2v) is 6.52. The van der Waals surface area contributed by atoms with Crippen molar-refractivity contribution >= 4 is 11.8 Å². The summed E-state index contributed by atoms with van der Waals surface area (Å²) in [6.45, 7) is 6.42. The Morgan fingerprint density at radius 1 is 1.05 bits per heavy atom. The zero-order valence-electron chi connectivity index (χ0n) is 12.5. The van der Waals surface area contributed by atoms with E-state index < -0.39 is 0 Å². The van der Waals surface area contributed by atoms with Gasteiger partial charge in [0, 0.05) is 15.8 Å². The van der Waals surface area contributed by atoms with E-state index in [-0.39, 0.29) is 6.04 Å². The fraction of sp³-hybridized carbons (Fsp3) is 0.333. The molecule has 2 rings (SSSR count). The van der Waals surface area contributed by atoms with E-state index >= 15 is 0 Å². The van der Waals surface area contributed by atoms with Crippen LogP contribution in [0.3, 0.4) is 0 Å². The van der Waals surface area contributed by atoms with Gasteiger partial charge in [0.1, 0.15) is 0 Å². The van der Waals surface area contributed by atoms with Crippen molar-refractivity contribution in [3.05, 3.63) is 59.2 Å². The van der Waals surface area contributed by atoms with Crippen molar-refractivity contribution in [3.8, 4) is 0 Å². The number of rotatable bonds is 5. The largest absolute Gasteiger partial charge is 0.327 e. The summed E-state index contributed by atoms with van der Waals surface area (Å²) in [7, 11) is 0. The zero-order valence-corrected chi connectivity index (χ0v) is 13.3. The highest BCUT2D eigenvalue weighted by atomic mass is 32.2. The van der Waals surface area contributed by atoms with Gasteiger partial charge in [-0.1, -0.05) is 54.1 Å². The molecule has 2 aromatic rings.